The normalized spacial score (nSPS) is 12.3. The van der Waals surface area contributed by atoms with E-state index in [2.05, 4.69) is 4.74 Å². The van der Waals surface area contributed by atoms with Crippen LogP contribution < -0.4 is 0 Å². The average Bonchev–Trinajstić information content (AvgIpc) is 2.02. The van der Waals surface area contributed by atoms with Crippen LogP contribution in [0.3, 0.4) is 0 Å². The number of ether oxygens (including phenoxy) is 1. The third-order valence-corrected chi connectivity index (χ3v) is 0.952. The SMILES string of the molecule is CCOC(=O)C(=O)[C@H](O)CO. The van der Waals surface area contributed by atoms with Gasteiger partial charge in [-0.3, -0.25) is 4.79 Å². The highest BCUT2D eigenvalue weighted by Crippen LogP contribution is 1.88. The van der Waals surface area contributed by atoms with Crippen molar-refractivity contribution < 1.29 is 24.5 Å². The molecule has 0 saturated heterocycles. The zero-order chi connectivity index (χ0) is 8.85. The standard InChI is InChI=1S/C6H10O5/c1-2-11-6(10)5(9)4(8)3-7/h4,7-8H,2-3H2,1H3/t4-/m1/s1. The number of ketones is 1. The Morgan fingerprint density at radius 2 is 2.09 bits per heavy atom. The third-order valence-electron chi connectivity index (χ3n) is 0.952. The van der Waals surface area contributed by atoms with Crippen molar-refractivity contribution in [1.29, 1.82) is 0 Å². The van der Waals surface area contributed by atoms with Gasteiger partial charge in [-0.25, -0.2) is 4.79 Å². The van der Waals surface area contributed by atoms with Crippen LogP contribution >= 0.6 is 0 Å². The number of Topliss-reactive ketones (excluding diaryl/α,β-unsaturated/α-hetero) is 1. The van der Waals surface area contributed by atoms with E-state index in [-0.39, 0.29) is 6.61 Å². The molecule has 0 aliphatic rings. The van der Waals surface area contributed by atoms with Gasteiger partial charge in [0.05, 0.1) is 13.2 Å². The molecular weight excluding hydrogens is 152 g/mol. The number of rotatable bonds is 4. The molecule has 0 aromatic carbocycles. The lowest BCUT2D eigenvalue weighted by Gasteiger charge is -2.03. The Kier molecular flexibility index (Phi) is 4.40. The molecule has 0 amide bonds. The minimum absolute atomic E-state index is 0.0721. The minimum Gasteiger partial charge on any atom is -0.460 e. The molecule has 0 aromatic heterocycles. The van der Waals surface area contributed by atoms with Crippen molar-refractivity contribution in [3.8, 4) is 0 Å². The zero-order valence-corrected chi connectivity index (χ0v) is 6.11. The van der Waals surface area contributed by atoms with Crippen molar-refractivity contribution in [2.24, 2.45) is 0 Å². The maximum absolute atomic E-state index is 10.6. The lowest BCUT2D eigenvalue weighted by Crippen LogP contribution is -2.32. The molecule has 0 aromatic rings. The van der Waals surface area contributed by atoms with Gasteiger partial charge in [-0.15, -0.1) is 0 Å². The Morgan fingerprint density at radius 3 is 2.45 bits per heavy atom. The number of esters is 1. The maximum Gasteiger partial charge on any atom is 0.377 e. The topological polar surface area (TPSA) is 83.8 Å². The monoisotopic (exact) mass is 162 g/mol. The Balaban J connectivity index is 3.92. The van der Waals surface area contributed by atoms with Crippen molar-refractivity contribution >= 4 is 11.8 Å². The van der Waals surface area contributed by atoms with E-state index in [0.29, 0.717) is 0 Å². The first kappa shape index (κ1) is 10.1. The fourth-order valence-electron chi connectivity index (χ4n) is 0.421. The zero-order valence-electron chi connectivity index (χ0n) is 6.11. The summed E-state index contributed by atoms with van der Waals surface area (Å²) in [5.74, 6) is -2.23. The second-order valence-electron chi connectivity index (χ2n) is 1.78. The summed E-state index contributed by atoms with van der Waals surface area (Å²) >= 11 is 0. The van der Waals surface area contributed by atoms with E-state index in [0.717, 1.165) is 0 Å². The lowest BCUT2D eigenvalue weighted by atomic mass is 10.2. The molecule has 0 radical (unpaired) electrons. The second-order valence-corrected chi connectivity index (χ2v) is 1.78. The fraction of sp³-hybridized carbons (Fsp3) is 0.667. The molecule has 5 nitrogen and oxygen atoms in total. The van der Waals surface area contributed by atoms with E-state index in [1.54, 1.807) is 0 Å². The Morgan fingerprint density at radius 1 is 1.55 bits per heavy atom. The van der Waals surface area contributed by atoms with E-state index in [9.17, 15) is 9.59 Å². The molecule has 0 spiro atoms. The summed E-state index contributed by atoms with van der Waals surface area (Å²) in [4.78, 5) is 21.1. The highest BCUT2D eigenvalue weighted by molar-refractivity contribution is 6.35. The Labute approximate surface area is 63.6 Å². The summed E-state index contributed by atoms with van der Waals surface area (Å²) in [6.45, 7) is 0.844. The largest absolute Gasteiger partial charge is 0.460 e. The highest BCUT2D eigenvalue weighted by Gasteiger charge is 2.23. The molecule has 0 aliphatic heterocycles. The fourth-order valence-corrected chi connectivity index (χ4v) is 0.421. The first-order valence-electron chi connectivity index (χ1n) is 3.13. The smallest absolute Gasteiger partial charge is 0.377 e. The van der Waals surface area contributed by atoms with Gasteiger partial charge < -0.3 is 14.9 Å². The molecule has 0 bridgehead atoms. The summed E-state index contributed by atoms with van der Waals surface area (Å²) in [6, 6.07) is 0. The average molecular weight is 162 g/mol. The van der Waals surface area contributed by atoms with Crippen molar-refractivity contribution in [3.05, 3.63) is 0 Å². The van der Waals surface area contributed by atoms with Crippen molar-refractivity contribution in [2.45, 2.75) is 13.0 Å². The number of hydrogen-bond donors (Lipinski definition) is 2. The molecule has 0 unspecified atom stereocenters. The predicted octanol–water partition coefficient (Wildman–Crippen LogP) is -1.53. The van der Waals surface area contributed by atoms with Crippen molar-refractivity contribution in [1.82, 2.24) is 0 Å². The third kappa shape index (κ3) is 3.10. The number of hydrogen-bond acceptors (Lipinski definition) is 5. The Hall–Kier alpha value is -0.940. The molecule has 0 heterocycles. The van der Waals surface area contributed by atoms with E-state index in [1.165, 1.54) is 6.92 Å². The van der Waals surface area contributed by atoms with Gasteiger partial charge in [0.2, 0.25) is 0 Å². The van der Waals surface area contributed by atoms with Gasteiger partial charge in [-0.2, -0.15) is 0 Å². The van der Waals surface area contributed by atoms with Gasteiger partial charge in [0.15, 0.2) is 0 Å². The maximum atomic E-state index is 10.6. The molecule has 11 heavy (non-hydrogen) atoms. The van der Waals surface area contributed by atoms with Crippen LogP contribution in [0.15, 0.2) is 0 Å². The number of aliphatic hydroxyl groups is 2. The first-order valence-corrected chi connectivity index (χ1v) is 3.13. The van der Waals surface area contributed by atoms with Crippen molar-refractivity contribution in [3.63, 3.8) is 0 Å². The highest BCUT2D eigenvalue weighted by atomic mass is 16.5. The van der Waals surface area contributed by atoms with Gasteiger partial charge in [0, 0.05) is 0 Å². The van der Waals surface area contributed by atoms with E-state index >= 15 is 0 Å². The molecule has 0 fully saturated rings. The molecule has 2 N–H and O–H groups in total. The number of carbonyl (C=O) groups is 2. The molecule has 64 valence electrons. The predicted molar refractivity (Wildman–Crippen MR) is 34.7 cm³/mol. The van der Waals surface area contributed by atoms with Gasteiger partial charge in [-0.05, 0) is 6.92 Å². The van der Waals surface area contributed by atoms with Gasteiger partial charge in [0.25, 0.3) is 5.78 Å². The summed E-state index contributed by atoms with van der Waals surface area (Å²) in [6.07, 6.45) is -1.66. The van der Waals surface area contributed by atoms with Crippen LogP contribution in [0.5, 0.6) is 0 Å². The number of aliphatic hydroxyl groups excluding tert-OH is 2. The second kappa shape index (κ2) is 4.81. The van der Waals surface area contributed by atoms with Gasteiger partial charge in [-0.1, -0.05) is 0 Å². The molecule has 0 saturated carbocycles. The lowest BCUT2D eigenvalue weighted by molar-refractivity contribution is -0.158. The van der Waals surface area contributed by atoms with Crippen molar-refractivity contribution in [2.75, 3.05) is 13.2 Å². The molecule has 0 rings (SSSR count). The quantitative estimate of drug-likeness (QED) is 0.387. The van der Waals surface area contributed by atoms with E-state index in [4.69, 9.17) is 10.2 Å². The van der Waals surface area contributed by atoms with Gasteiger partial charge >= 0.3 is 5.97 Å². The van der Waals surface area contributed by atoms with Crippen LogP contribution in [-0.2, 0) is 14.3 Å². The Bertz CT molecular complexity index is 153. The minimum atomic E-state index is -1.66. The van der Waals surface area contributed by atoms with Crippen LogP contribution in [0.25, 0.3) is 0 Å². The number of carbonyl (C=O) groups excluding carboxylic acids is 2. The summed E-state index contributed by atoms with van der Waals surface area (Å²) < 4.78 is 4.27. The first-order chi connectivity index (χ1) is 5.13. The molecule has 0 aliphatic carbocycles. The molecular formula is C6H10O5. The van der Waals surface area contributed by atoms with Crippen LogP contribution in [0.4, 0.5) is 0 Å². The van der Waals surface area contributed by atoms with E-state index in [1.807, 2.05) is 0 Å². The van der Waals surface area contributed by atoms with E-state index < -0.39 is 24.5 Å². The summed E-state index contributed by atoms with van der Waals surface area (Å²) in [7, 11) is 0. The van der Waals surface area contributed by atoms with Gasteiger partial charge in [0.1, 0.15) is 6.10 Å². The van der Waals surface area contributed by atoms with Crippen LogP contribution in [0.2, 0.25) is 0 Å². The summed E-state index contributed by atoms with van der Waals surface area (Å²) in [5.41, 5.74) is 0. The van der Waals surface area contributed by atoms with Crippen LogP contribution in [0, 0.1) is 0 Å². The summed E-state index contributed by atoms with van der Waals surface area (Å²) in [5, 5.41) is 16.9. The van der Waals surface area contributed by atoms with Crippen LogP contribution in [-0.4, -0.2) is 41.3 Å². The molecule has 1 atom stereocenters. The molecule has 5 heteroatoms. The van der Waals surface area contributed by atoms with Crippen LogP contribution in [0.1, 0.15) is 6.92 Å².